The van der Waals surface area contributed by atoms with Crippen LogP contribution in [0.25, 0.3) is 0 Å². The number of pyridine rings is 1. The molecule has 0 radical (unpaired) electrons. The lowest BCUT2D eigenvalue weighted by Gasteiger charge is -2.33. The van der Waals surface area contributed by atoms with Crippen molar-refractivity contribution in [2.45, 2.75) is 31.6 Å². The quantitative estimate of drug-likeness (QED) is 0.779. The second kappa shape index (κ2) is 7.41. The van der Waals surface area contributed by atoms with Crippen molar-refractivity contribution in [2.24, 2.45) is 0 Å². The zero-order valence-corrected chi connectivity index (χ0v) is 15.2. The number of alkyl halides is 3. The first-order valence-electron chi connectivity index (χ1n) is 7.67. The number of nitrogens with one attached hydrogen (secondary N) is 1. The normalized spacial score (nSPS) is 16.6. The summed E-state index contributed by atoms with van der Waals surface area (Å²) in [5, 5.41) is 3.55. The Morgan fingerprint density at radius 3 is 2.50 bits per heavy atom. The SMILES string of the molecule is FC(F)(F)c1ccc(N2CCC(NCc3ccc(Br)s3)CC2)nc1. The van der Waals surface area contributed by atoms with E-state index in [0.717, 1.165) is 48.5 Å². The fourth-order valence-corrected chi connectivity index (χ4v) is 4.18. The van der Waals surface area contributed by atoms with Crippen molar-refractivity contribution in [3.05, 3.63) is 44.7 Å². The number of aromatic nitrogens is 1. The Balaban J connectivity index is 1.49. The van der Waals surface area contributed by atoms with E-state index in [2.05, 4.69) is 32.3 Å². The lowest BCUT2D eigenvalue weighted by Crippen LogP contribution is -2.42. The Morgan fingerprint density at radius 1 is 1.21 bits per heavy atom. The van der Waals surface area contributed by atoms with Gasteiger partial charge in [0.25, 0.3) is 0 Å². The van der Waals surface area contributed by atoms with E-state index in [4.69, 9.17) is 0 Å². The third kappa shape index (κ3) is 4.49. The summed E-state index contributed by atoms with van der Waals surface area (Å²) >= 11 is 5.17. The fourth-order valence-electron chi connectivity index (χ4n) is 2.75. The van der Waals surface area contributed by atoms with Crippen LogP contribution < -0.4 is 10.2 Å². The Kier molecular flexibility index (Phi) is 5.46. The molecule has 0 saturated carbocycles. The standard InChI is InChI=1S/C16H17BrF3N3S/c17-14-3-2-13(24-14)10-21-12-5-7-23(8-6-12)15-4-1-11(9-22-15)16(18,19)20/h1-4,9,12,21H,5-8,10H2. The van der Waals surface area contributed by atoms with Crippen LogP contribution in [-0.4, -0.2) is 24.1 Å². The summed E-state index contributed by atoms with van der Waals surface area (Å²) in [5.41, 5.74) is -0.704. The molecule has 0 bridgehead atoms. The molecule has 1 saturated heterocycles. The largest absolute Gasteiger partial charge is 0.417 e. The predicted octanol–water partition coefficient (Wildman–Crippen LogP) is 4.68. The van der Waals surface area contributed by atoms with E-state index in [9.17, 15) is 13.2 Å². The smallest absolute Gasteiger partial charge is 0.357 e. The Bertz CT molecular complexity index is 664. The third-order valence-electron chi connectivity index (χ3n) is 4.09. The molecule has 1 aliphatic rings. The molecule has 0 aromatic carbocycles. The molecule has 3 nitrogen and oxygen atoms in total. The maximum atomic E-state index is 12.6. The minimum absolute atomic E-state index is 0.427. The van der Waals surface area contributed by atoms with Crippen molar-refractivity contribution in [3.8, 4) is 0 Å². The molecule has 3 heterocycles. The highest BCUT2D eigenvalue weighted by Crippen LogP contribution is 2.30. The Morgan fingerprint density at radius 2 is 1.96 bits per heavy atom. The van der Waals surface area contributed by atoms with Gasteiger partial charge in [-0.3, -0.25) is 0 Å². The Labute approximate surface area is 151 Å². The molecule has 0 spiro atoms. The van der Waals surface area contributed by atoms with Crippen molar-refractivity contribution in [1.29, 1.82) is 0 Å². The van der Waals surface area contributed by atoms with E-state index in [1.54, 1.807) is 11.3 Å². The molecule has 1 aliphatic heterocycles. The molecule has 0 unspecified atom stereocenters. The van der Waals surface area contributed by atoms with Crippen molar-refractivity contribution >= 4 is 33.1 Å². The second-order valence-electron chi connectivity index (χ2n) is 5.75. The van der Waals surface area contributed by atoms with Crippen molar-refractivity contribution in [2.75, 3.05) is 18.0 Å². The molecule has 1 fully saturated rings. The van der Waals surface area contributed by atoms with Crippen LogP contribution in [-0.2, 0) is 12.7 Å². The van der Waals surface area contributed by atoms with Crippen LogP contribution in [0.3, 0.4) is 0 Å². The zero-order valence-electron chi connectivity index (χ0n) is 12.8. The number of hydrogen-bond donors (Lipinski definition) is 1. The third-order valence-corrected chi connectivity index (χ3v) is 5.71. The van der Waals surface area contributed by atoms with E-state index >= 15 is 0 Å². The van der Waals surface area contributed by atoms with E-state index in [1.807, 2.05) is 11.0 Å². The molecule has 0 amide bonds. The van der Waals surface area contributed by atoms with Gasteiger partial charge in [0.05, 0.1) is 9.35 Å². The summed E-state index contributed by atoms with van der Waals surface area (Å²) in [5.74, 6) is 0.614. The van der Waals surface area contributed by atoms with Gasteiger partial charge >= 0.3 is 6.18 Å². The van der Waals surface area contributed by atoms with Crippen LogP contribution >= 0.6 is 27.3 Å². The summed E-state index contributed by atoms with van der Waals surface area (Å²) in [7, 11) is 0. The molecule has 130 valence electrons. The average molecular weight is 420 g/mol. The molecular formula is C16H17BrF3N3S. The predicted molar refractivity (Wildman–Crippen MR) is 93.3 cm³/mol. The maximum Gasteiger partial charge on any atom is 0.417 e. The average Bonchev–Trinajstić information content (AvgIpc) is 2.98. The molecule has 2 aromatic heterocycles. The van der Waals surface area contributed by atoms with Crippen LogP contribution in [0.15, 0.2) is 34.2 Å². The molecule has 3 rings (SSSR count). The van der Waals surface area contributed by atoms with Crippen LogP contribution in [0, 0.1) is 0 Å². The minimum Gasteiger partial charge on any atom is -0.357 e. The summed E-state index contributed by atoms with van der Waals surface area (Å²) in [6.07, 6.45) is -1.52. The van der Waals surface area contributed by atoms with Crippen LogP contribution in [0.2, 0.25) is 0 Å². The van der Waals surface area contributed by atoms with Gasteiger partial charge in [0, 0.05) is 36.8 Å². The highest BCUT2D eigenvalue weighted by molar-refractivity contribution is 9.11. The van der Waals surface area contributed by atoms with E-state index < -0.39 is 11.7 Å². The topological polar surface area (TPSA) is 28.2 Å². The van der Waals surface area contributed by atoms with Gasteiger partial charge in [-0.2, -0.15) is 13.2 Å². The van der Waals surface area contributed by atoms with Gasteiger partial charge in [0.1, 0.15) is 5.82 Å². The number of rotatable bonds is 4. The minimum atomic E-state index is -4.33. The van der Waals surface area contributed by atoms with Crippen molar-refractivity contribution in [1.82, 2.24) is 10.3 Å². The van der Waals surface area contributed by atoms with Crippen LogP contribution in [0.4, 0.5) is 19.0 Å². The van der Waals surface area contributed by atoms with E-state index in [0.29, 0.717) is 11.9 Å². The van der Waals surface area contributed by atoms with Gasteiger partial charge in [-0.15, -0.1) is 11.3 Å². The van der Waals surface area contributed by atoms with Crippen molar-refractivity contribution < 1.29 is 13.2 Å². The van der Waals surface area contributed by atoms with Gasteiger partial charge < -0.3 is 10.2 Å². The highest BCUT2D eigenvalue weighted by atomic mass is 79.9. The van der Waals surface area contributed by atoms with Gasteiger partial charge in [0.15, 0.2) is 0 Å². The summed E-state index contributed by atoms with van der Waals surface area (Å²) < 4.78 is 38.9. The summed E-state index contributed by atoms with van der Waals surface area (Å²) in [4.78, 5) is 7.30. The molecule has 1 N–H and O–H groups in total. The molecule has 2 aromatic rings. The zero-order chi connectivity index (χ0) is 17.2. The lowest BCUT2D eigenvalue weighted by molar-refractivity contribution is -0.137. The number of halogens is 4. The number of anilines is 1. The summed E-state index contributed by atoms with van der Waals surface area (Å²) in [6.45, 7) is 2.44. The molecular weight excluding hydrogens is 403 g/mol. The number of thiophene rings is 1. The first-order chi connectivity index (χ1) is 11.4. The first-order valence-corrected chi connectivity index (χ1v) is 9.28. The Hall–Kier alpha value is -1.12. The first kappa shape index (κ1) is 17.7. The lowest BCUT2D eigenvalue weighted by atomic mass is 10.0. The monoisotopic (exact) mass is 419 g/mol. The van der Waals surface area contributed by atoms with Crippen LogP contribution in [0.5, 0.6) is 0 Å². The molecule has 8 heteroatoms. The van der Waals surface area contributed by atoms with Crippen molar-refractivity contribution in [3.63, 3.8) is 0 Å². The molecule has 0 aliphatic carbocycles. The van der Waals surface area contributed by atoms with E-state index in [1.165, 1.54) is 10.9 Å². The van der Waals surface area contributed by atoms with Crippen LogP contribution in [0.1, 0.15) is 23.3 Å². The molecule has 24 heavy (non-hydrogen) atoms. The van der Waals surface area contributed by atoms with Gasteiger partial charge in [0.2, 0.25) is 0 Å². The molecule has 0 atom stereocenters. The fraction of sp³-hybridized carbons (Fsp3) is 0.438. The van der Waals surface area contributed by atoms with Gasteiger partial charge in [-0.05, 0) is 53.0 Å². The number of nitrogens with zero attached hydrogens (tertiary/aromatic N) is 2. The second-order valence-corrected chi connectivity index (χ2v) is 8.30. The number of piperidine rings is 1. The number of hydrogen-bond acceptors (Lipinski definition) is 4. The van der Waals surface area contributed by atoms with Gasteiger partial charge in [-0.1, -0.05) is 0 Å². The van der Waals surface area contributed by atoms with E-state index in [-0.39, 0.29) is 0 Å². The maximum absolute atomic E-state index is 12.6. The van der Waals surface area contributed by atoms with Gasteiger partial charge in [-0.25, -0.2) is 4.98 Å². The highest BCUT2D eigenvalue weighted by Gasteiger charge is 2.31. The summed E-state index contributed by atoms with van der Waals surface area (Å²) in [6, 6.07) is 7.13.